The lowest BCUT2D eigenvalue weighted by Gasteiger charge is -2.44. The zero-order valence-corrected chi connectivity index (χ0v) is 18.7. The standard InChI is InChI=1S/C27H42O/c1-19(2)8-6-9-21(4)25-15-16-26-22(10-7-17-27(25,26)5)12-13-23-18-24(28)14-11-20(23)3/h6,9,12-13,19,21,24-26,28H,3,7-8,10-11,14-18H2,1-2,4-5H3/b9-6-,22-12+,23-13-/t21-,24-,25-,26+,27-/m1/s1. The summed E-state index contributed by atoms with van der Waals surface area (Å²) in [5, 5.41) is 10.0. The Kier molecular flexibility index (Phi) is 7.07. The zero-order chi connectivity index (χ0) is 20.3. The van der Waals surface area contributed by atoms with Crippen LogP contribution < -0.4 is 0 Å². The Morgan fingerprint density at radius 2 is 1.93 bits per heavy atom. The van der Waals surface area contributed by atoms with Crippen molar-refractivity contribution in [2.45, 2.75) is 91.6 Å². The molecule has 0 aromatic heterocycles. The molecule has 156 valence electrons. The van der Waals surface area contributed by atoms with Gasteiger partial charge in [0.15, 0.2) is 0 Å². The second-order valence-electron chi connectivity index (χ2n) is 10.4. The Labute approximate surface area is 173 Å². The first-order valence-corrected chi connectivity index (χ1v) is 11.7. The van der Waals surface area contributed by atoms with E-state index < -0.39 is 0 Å². The summed E-state index contributed by atoms with van der Waals surface area (Å²) in [6, 6.07) is 0. The maximum Gasteiger partial charge on any atom is 0.0583 e. The molecule has 0 unspecified atom stereocenters. The van der Waals surface area contributed by atoms with Crippen molar-refractivity contribution >= 4 is 0 Å². The van der Waals surface area contributed by atoms with E-state index in [0.717, 1.165) is 37.0 Å². The van der Waals surface area contributed by atoms with Gasteiger partial charge in [0.2, 0.25) is 0 Å². The van der Waals surface area contributed by atoms with Crippen molar-refractivity contribution in [2.24, 2.45) is 29.1 Å². The molecule has 0 radical (unpaired) electrons. The fraction of sp³-hybridized carbons (Fsp3) is 0.704. The molecule has 3 aliphatic carbocycles. The van der Waals surface area contributed by atoms with Crippen LogP contribution in [0.25, 0.3) is 0 Å². The van der Waals surface area contributed by atoms with Gasteiger partial charge in [0, 0.05) is 0 Å². The number of fused-ring (bicyclic) bond motifs is 1. The third-order valence-corrected chi connectivity index (χ3v) is 7.91. The first kappa shape index (κ1) is 21.6. The highest BCUT2D eigenvalue weighted by molar-refractivity contribution is 5.36. The molecule has 0 heterocycles. The molecule has 0 aromatic carbocycles. The highest BCUT2D eigenvalue weighted by Crippen LogP contribution is 2.59. The van der Waals surface area contributed by atoms with Crippen molar-refractivity contribution in [2.75, 3.05) is 0 Å². The third kappa shape index (κ3) is 4.73. The molecular weight excluding hydrogens is 340 g/mol. The summed E-state index contributed by atoms with van der Waals surface area (Å²) in [6.07, 6.45) is 19.9. The van der Waals surface area contributed by atoms with Gasteiger partial charge in [-0.15, -0.1) is 0 Å². The molecule has 5 atom stereocenters. The van der Waals surface area contributed by atoms with Crippen LogP contribution in [0, 0.1) is 29.1 Å². The first-order chi connectivity index (χ1) is 13.3. The van der Waals surface area contributed by atoms with Crippen LogP contribution in [0.1, 0.15) is 85.5 Å². The first-order valence-electron chi connectivity index (χ1n) is 11.7. The van der Waals surface area contributed by atoms with Crippen LogP contribution in [0.4, 0.5) is 0 Å². The molecular formula is C27H42O. The Morgan fingerprint density at radius 1 is 1.14 bits per heavy atom. The number of aliphatic hydroxyl groups excluding tert-OH is 1. The van der Waals surface area contributed by atoms with Gasteiger partial charge in [0.05, 0.1) is 6.10 Å². The predicted octanol–water partition coefficient (Wildman–Crippen LogP) is 7.40. The minimum atomic E-state index is -0.180. The molecule has 3 saturated carbocycles. The van der Waals surface area contributed by atoms with Gasteiger partial charge in [0.25, 0.3) is 0 Å². The van der Waals surface area contributed by atoms with Crippen molar-refractivity contribution in [3.63, 3.8) is 0 Å². The average molecular weight is 383 g/mol. The van der Waals surface area contributed by atoms with Crippen LogP contribution in [0.5, 0.6) is 0 Å². The van der Waals surface area contributed by atoms with Crippen LogP contribution in [0.2, 0.25) is 0 Å². The Hall–Kier alpha value is -1.08. The van der Waals surface area contributed by atoms with Gasteiger partial charge in [-0.25, -0.2) is 0 Å². The lowest BCUT2D eigenvalue weighted by atomic mass is 9.61. The number of hydrogen-bond donors (Lipinski definition) is 1. The third-order valence-electron chi connectivity index (χ3n) is 7.91. The molecule has 0 bridgehead atoms. The van der Waals surface area contributed by atoms with Gasteiger partial charge in [0.1, 0.15) is 0 Å². The number of aliphatic hydroxyl groups is 1. The van der Waals surface area contributed by atoms with E-state index >= 15 is 0 Å². The fourth-order valence-electron chi connectivity index (χ4n) is 6.24. The summed E-state index contributed by atoms with van der Waals surface area (Å²) in [6.45, 7) is 13.9. The van der Waals surface area contributed by atoms with E-state index in [-0.39, 0.29) is 6.10 Å². The largest absolute Gasteiger partial charge is 0.393 e. The number of hydrogen-bond acceptors (Lipinski definition) is 1. The minimum Gasteiger partial charge on any atom is -0.393 e. The van der Waals surface area contributed by atoms with Gasteiger partial charge in [-0.3, -0.25) is 0 Å². The number of allylic oxidation sites excluding steroid dienone is 6. The highest BCUT2D eigenvalue weighted by atomic mass is 16.3. The molecule has 0 spiro atoms. The summed E-state index contributed by atoms with van der Waals surface area (Å²) >= 11 is 0. The monoisotopic (exact) mass is 382 g/mol. The van der Waals surface area contributed by atoms with Crippen molar-refractivity contribution in [1.82, 2.24) is 0 Å². The molecule has 0 saturated heterocycles. The average Bonchev–Trinajstić information content (AvgIpc) is 2.99. The molecule has 3 fully saturated rings. The number of rotatable bonds is 5. The lowest BCUT2D eigenvalue weighted by molar-refractivity contribution is 0.112. The van der Waals surface area contributed by atoms with Gasteiger partial charge >= 0.3 is 0 Å². The predicted molar refractivity (Wildman–Crippen MR) is 121 cm³/mol. The van der Waals surface area contributed by atoms with Gasteiger partial charge in [-0.1, -0.05) is 69.7 Å². The van der Waals surface area contributed by atoms with E-state index in [9.17, 15) is 5.11 Å². The van der Waals surface area contributed by atoms with Gasteiger partial charge in [-0.05, 0) is 92.4 Å². The molecule has 3 rings (SSSR count). The summed E-state index contributed by atoms with van der Waals surface area (Å²) in [5.41, 5.74) is 4.62. The van der Waals surface area contributed by atoms with Crippen LogP contribution in [-0.2, 0) is 0 Å². The smallest absolute Gasteiger partial charge is 0.0583 e. The van der Waals surface area contributed by atoms with E-state index in [0.29, 0.717) is 11.3 Å². The van der Waals surface area contributed by atoms with E-state index in [2.05, 4.69) is 58.6 Å². The zero-order valence-electron chi connectivity index (χ0n) is 18.7. The maximum atomic E-state index is 10.0. The molecule has 1 N–H and O–H groups in total. The molecule has 0 aliphatic heterocycles. The van der Waals surface area contributed by atoms with E-state index in [1.54, 1.807) is 5.57 Å². The summed E-state index contributed by atoms with van der Waals surface area (Å²) in [4.78, 5) is 0. The second-order valence-corrected chi connectivity index (χ2v) is 10.4. The SMILES string of the molecule is C=C1CC[C@@H](O)C/C1=C/C=C1\CCC[C@]2(C)[C@@H]([C@H](C)/C=C\CC(C)C)CC[C@@H]12. The normalized spacial score (nSPS) is 37.9. The van der Waals surface area contributed by atoms with Crippen molar-refractivity contribution in [1.29, 1.82) is 0 Å². The van der Waals surface area contributed by atoms with Crippen LogP contribution >= 0.6 is 0 Å². The molecule has 3 aliphatic rings. The van der Waals surface area contributed by atoms with Crippen LogP contribution in [-0.4, -0.2) is 11.2 Å². The fourth-order valence-corrected chi connectivity index (χ4v) is 6.24. The van der Waals surface area contributed by atoms with Crippen LogP contribution in [0.3, 0.4) is 0 Å². The van der Waals surface area contributed by atoms with Crippen molar-refractivity contribution in [3.05, 3.63) is 47.6 Å². The molecule has 1 heteroatoms. The summed E-state index contributed by atoms with van der Waals surface area (Å²) < 4.78 is 0. The highest BCUT2D eigenvalue weighted by Gasteiger charge is 2.50. The van der Waals surface area contributed by atoms with Gasteiger partial charge in [-0.2, -0.15) is 0 Å². The van der Waals surface area contributed by atoms with E-state index in [4.69, 9.17) is 0 Å². The maximum absolute atomic E-state index is 10.0. The quantitative estimate of drug-likeness (QED) is 0.491. The minimum absolute atomic E-state index is 0.180. The molecule has 28 heavy (non-hydrogen) atoms. The van der Waals surface area contributed by atoms with Gasteiger partial charge < -0.3 is 5.11 Å². The van der Waals surface area contributed by atoms with Crippen molar-refractivity contribution < 1.29 is 5.11 Å². The van der Waals surface area contributed by atoms with E-state index in [1.165, 1.54) is 49.7 Å². The Morgan fingerprint density at radius 3 is 2.68 bits per heavy atom. The van der Waals surface area contributed by atoms with Crippen molar-refractivity contribution in [3.8, 4) is 0 Å². The van der Waals surface area contributed by atoms with Crippen LogP contribution in [0.15, 0.2) is 47.6 Å². The molecule has 1 nitrogen and oxygen atoms in total. The Bertz CT molecular complexity index is 649. The Balaban J connectivity index is 1.74. The lowest BCUT2D eigenvalue weighted by Crippen LogP contribution is -2.35. The van der Waals surface area contributed by atoms with E-state index in [1.807, 2.05) is 0 Å². The molecule has 0 aromatic rings. The summed E-state index contributed by atoms with van der Waals surface area (Å²) in [7, 11) is 0. The topological polar surface area (TPSA) is 20.2 Å². The summed E-state index contributed by atoms with van der Waals surface area (Å²) in [5.74, 6) is 2.98. The second kappa shape index (κ2) is 9.16. The molecule has 0 amide bonds.